The number of hydrogen-bond acceptors (Lipinski definition) is 4. The number of carbonyl (C=O) groups excluding carboxylic acids is 2. The molecule has 6 nitrogen and oxygen atoms in total. The van der Waals surface area contributed by atoms with E-state index >= 15 is 0 Å². The van der Waals surface area contributed by atoms with Crippen molar-refractivity contribution in [2.75, 3.05) is 6.54 Å². The molecule has 2 aromatic rings. The molecule has 0 radical (unpaired) electrons. The lowest BCUT2D eigenvalue weighted by atomic mass is 10.1. The normalized spacial score (nSPS) is 25.7. The van der Waals surface area contributed by atoms with Gasteiger partial charge in [-0.3, -0.25) is 19.6 Å². The molecule has 0 bridgehead atoms. The fourth-order valence-corrected chi connectivity index (χ4v) is 4.13. The van der Waals surface area contributed by atoms with Gasteiger partial charge in [0.15, 0.2) is 0 Å². The summed E-state index contributed by atoms with van der Waals surface area (Å²) in [6, 6.07) is 7.85. The van der Waals surface area contributed by atoms with Crippen LogP contribution in [0.25, 0.3) is 0 Å². The van der Waals surface area contributed by atoms with Gasteiger partial charge in [-0.15, -0.1) is 0 Å². The van der Waals surface area contributed by atoms with Crippen molar-refractivity contribution >= 4 is 11.8 Å². The van der Waals surface area contributed by atoms with Crippen molar-refractivity contribution in [3.63, 3.8) is 0 Å². The van der Waals surface area contributed by atoms with E-state index in [0.717, 1.165) is 36.8 Å². The van der Waals surface area contributed by atoms with Gasteiger partial charge in [-0.2, -0.15) is 0 Å². The van der Waals surface area contributed by atoms with Gasteiger partial charge in [-0.25, -0.2) is 0 Å². The van der Waals surface area contributed by atoms with Gasteiger partial charge < -0.3 is 10.6 Å². The minimum absolute atomic E-state index is 0.0210. The smallest absolute Gasteiger partial charge is 0.224 e. The predicted molar refractivity (Wildman–Crippen MR) is 110 cm³/mol. The molecule has 2 aliphatic rings. The third-order valence-electron chi connectivity index (χ3n) is 5.99. The Kier molecular flexibility index (Phi) is 5.88. The first kappa shape index (κ1) is 19.6. The van der Waals surface area contributed by atoms with Crippen molar-refractivity contribution in [2.45, 2.75) is 50.5 Å². The highest BCUT2D eigenvalue weighted by molar-refractivity contribution is 5.84. The summed E-state index contributed by atoms with van der Waals surface area (Å²) < 4.78 is 0. The monoisotopic (exact) mass is 392 g/mol. The van der Waals surface area contributed by atoms with Gasteiger partial charge in [0.2, 0.25) is 11.8 Å². The van der Waals surface area contributed by atoms with Crippen LogP contribution in [0.4, 0.5) is 0 Å². The molecule has 5 unspecified atom stereocenters. The molecule has 6 heteroatoms. The highest BCUT2D eigenvalue weighted by Crippen LogP contribution is 2.48. The van der Waals surface area contributed by atoms with Crippen molar-refractivity contribution < 1.29 is 9.59 Å². The molecule has 2 fully saturated rings. The van der Waals surface area contributed by atoms with Crippen LogP contribution in [0.15, 0.2) is 49.1 Å². The van der Waals surface area contributed by atoms with E-state index in [1.54, 1.807) is 12.4 Å². The molecule has 0 spiro atoms. The Labute approximate surface area is 171 Å². The number of pyridine rings is 2. The highest BCUT2D eigenvalue weighted by Gasteiger charge is 2.45. The zero-order chi connectivity index (χ0) is 20.2. The second-order valence-electron chi connectivity index (χ2n) is 8.21. The number of nitrogens with zero attached hydrogens (tertiary/aromatic N) is 2. The summed E-state index contributed by atoms with van der Waals surface area (Å²) in [5.41, 5.74) is 2.25. The van der Waals surface area contributed by atoms with Crippen LogP contribution in [0.1, 0.15) is 55.6 Å². The van der Waals surface area contributed by atoms with Crippen molar-refractivity contribution in [1.82, 2.24) is 20.6 Å². The van der Waals surface area contributed by atoms with Crippen LogP contribution in [0.3, 0.4) is 0 Å². The fraction of sp³-hybridized carbons (Fsp3) is 0.478. The Morgan fingerprint density at radius 3 is 2.10 bits per heavy atom. The number of amides is 2. The molecule has 2 aromatic heterocycles. The Bertz CT molecular complexity index is 842. The fourth-order valence-electron chi connectivity index (χ4n) is 4.13. The van der Waals surface area contributed by atoms with Gasteiger partial charge >= 0.3 is 0 Å². The van der Waals surface area contributed by atoms with Crippen molar-refractivity contribution in [1.29, 1.82) is 0 Å². The van der Waals surface area contributed by atoms with Gasteiger partial charge in [0.1, 0.15) is 0 Å². The minimum Gasteiger partial charge on any atom is -0.354 e. The molecule has 2 N–H and O–H groups in total. The van der Waals surface area contributed by atoms with Crippen LogP contribution in [0.5, 0.6) is 0 Å². The molecular formula is C23H28N4O2. The summed E-state index contributed by atoms with van der Waals surface area (Å²) in [5, 5.41) is 6.21. The second kappa shape index (κ2) is 8.72. The first-order valence-corrected chi connectivity index (χ1v) is 10.5. The van der Waals surface area contributed by atoms with E-state index in [2.05, 4.69) is 27.5 Å². The van der Waals surface area contributed by atoms with E-state index in [0.29, 0.717) is 6.54 Å². The number of aromatic nitrogens is 2. The van der Waals surface area contributed by atoms with Crippen LogP contribution in [0, 0.1) is 11.8 Å². The molecule has 0 saturated heterocycles. The lowest BCUT2D eigenvalue weighted by Gasteiger charge is -2.19. The summed E-state index contributed by atoms with van der Waals surface area (Å²) in [6.45, 7) is 2.58. The predicted octanol–water partition coefficient (Wildman–Crippen LogP) is 2.78. The maximum Gasteiger partial charge on any atom is 0.224 e. The lowest BCUT2D eigenvalue weighted by Crippen LogP contribution is -2.44. The molecule has 2 amide bonds. The molecule has 5 atom stereocenters. The van der Waals surface area contributed by atoms with E-state index < -0.39 is 0 Å². The minimum atomic E-state index is -0.0257. The first-order chi connectivity index (χ1) is 14.2. The van der Waals surface area contributed by atoms with Crippen molar-refractivity contribution in [3.05, 3.63) is 60.2 Å². The second-order valence-corrected chi connectivity index (χ2v) is 8.21. The standard InChI is InChI=1S/C23H28N4O2/c1-2-5-17(27-23(29)21-11-19(21)16-7-4-9-25-13-16)14-26-22(28)20-10-18(20)15-6-3-8-24-12-15/h3-4,6-9,12-13,17-21H,2,5,10-11,14H2,1H3,(H,26,28)(H,27,29). The lowest BCUT2D eigenvalue weighted by molar-refractivity contribution is -0.125. The van der Waals surface area contributed by atoms with Crippen LogP contribution in [0.2, 0.25) is 0 Å². The average molecular weight is 393 g/mol. The molecular weight excluding hydrogens is 364 g/mol. The third kappa shape index (κ3) is 4.81. The molecule has 29 heavy (non-hydrogen) atoms. The topological polar surface area (TPSA) is 84.0 Å². The highest BCUT2D eigenvalue weighted by atomic mass is 16.2. The molecule has 2 aliphatic carbocycles. The Morgan fingerprint density at radius 2 is 1.59 bits per heavy atom. The van der Waals surface area contributed by atoms with Gasteiger partial charge in [-0.05, 0) is 54.4 Å². The summed E-state index contributed by atoms with van der Waals surface area (Å²) in [6.07, 6.45) is 10.7. The molecule has 2 heterocycles. The average Bonchev–Trinajstić information content (AvgIpc) is 3.66. The van der Waals surface area contributed by atoms with E-state index in [9.17, 15) is 9.59 Å². The largest absolute Gasteiger partial charge is 0.354 e. The van der Waals surface area contributed by atoms with Gasteiger partial charge in [0.25, 0.3) is 0 Å². The van der Waals surface area contributed by atoms with E-state index in [4.69, 9.17) is 0 Å². The quantitative estimate of drug-likeness (QED) is 0.687. The first-order valence-electron chi connectivity index (χ1n) is 10.5. The van der Waals surface area contributed by atoms with Gasteiger partial charge in [0, 0.05) is 49.2 Å². The number of hydrogen-bond donors (Lipinski definition) is 2. The molecule has 2 saturated carbocycles. The summed E-state index contributed by atoms with van der Waals surface area (Å²) in [4.78, 5) is 33.5. The Hall–Kier alpha value is -2.76. The Morgan fingerprint density at radius 1 is 1.00 bits per heavy atom. The third-order valence-corrected chi connectivity index (χ3v) is 5.99. The maximum absolute atomic E-state index is 12.7. The van der Waals surface area contributed by atoms with Crippen molar-refractivity contribution in [3.8, 4) is 0 Å². The van der Waals surface area contributed by atoms with Crippen molar-refractivity contribution in [2.24, 2.45) is 11.8 Å². The maximum atomic E-state index is 12.7. The number of rotatable bonds is 9. The zero-order valence-electron chi connectivity index (χ0n) is 16.8. The van der Waals surface area contributed by atoms with Crippen LogP contribution < -0.4 is 10.6 Å². The van der Waals surface area contributed by atoms with Crippen LogP contribution in [-0.4, -0.2) is 34.4 Å². The molecule has 152 valence electrons. The summed E-state index contributed by atoms with van der Waals surface area (Å²) >= 11 is 0. The molecule has 0 aliphatic heterocycles. The number of nitrogens with one attached hydrogen (secondary N) is 2. The SMILES string of the molecule is CCCC(CNC(=O)C1CC1c1cccnc1)NC(=O)C1CC1c1cccnc1. The summed E-state index contributed by atoms with van der Waals surface area (Å²) in [5.74, 6) is 0.755. The molecule has 0 aromatic carbocycles. The zero-order valence-corrected chi connectivity index (χ0v) is 16.8. The number of carbonyl (C=O) groups is 2. The van der Waals surface area contributed by atoms with Crippen LogP contribution in [-0.2, 0) is 9.59 Å². The van der Waals surface area contributed by atoms with E-state index in [-0.39, 0.29) is 41.5 Å². The van der Waals surface area contributed by atoms with Crippen LogP contribution >= 0.6 is 0 Å². The molecule has 4 rings (SSSR count). The Balaban J connectivity index is 1.24. The van der Waals surface area contributed by atoms with E-state index in [1.165, 1.54) is 0 Å². The van der Waals surface area contributed by atoms with Gasteiger partial charge in [0.05, 0.1) is 0 Å². The van der Waals surface area contributed by atoms with E-state index in [1.807, 2.05) is 36.7 Å². The summed E-state index contributed by atoms with van der Waals surface area (Å²) in [7, 11) is 0. The van der Waals surface area contributed by atoms with Gasteiger partial charge in [-0.1, -0.05) is 25.5 Å².